The molecule has 0 bridgehead atoms. The predicted molar refractivity (Wildman–Crippen MR) is 106 cm³/mol. The number of fused-ring (bicyclic) bond motifs is 1. The number of thiophene rings is 1. The van der Waals surface area contributed by atoms with E-state index in [-0.39, 0.29) is 18.1 Å². The monoisotopic (exact) mass is 404 g/mol. The zero-order valence-corrected chi connectivity index (χ0v) is 16.0. The van der Waals surface area contributed by atoms with E-state index in [2.05, 4.69) is 10.3 Å². The standard InChI is InChI=1S/C17H13ClN4O2S2/c1-21-11-4-2-3-5-12(11)22(17(21)24)8-15(23)20-16-19-10(9-25-16)13-6-7-14(18)26-13/h2-7,9H,8H2,1H3,(H,19,20,23). The van der Waals surface area contributed by atoms with Gasteiger partial charge in [-0.1, -0.05) is 23.7 Å². The van der Waals surface area contributed by atoms with Crippen LogP contribution in [0.4, 0.5) is 5.13 Å². The van der Waals surface area contributed by atoms with E-state index in [0.29, 0.717) is 9.47 Å². The molecule has 1 aromatic carbocycles. The number of nitrogens with one attached hydrogen (secondary N) is 1. The molecule has 3 heterocycles. The minimum atomic E-state index is -0.298. The summed E-state index contributed by atoms with van der Waals surface area (Å²) in [5.41, 5.74) is 2.05. The number of nitrogens with zero attached hydrogens (tertiary/aromatic N) is 3. The Hall–Kier alpha value is -2.42. The zero-order chi connectivity index (χ0) is 18.3. The Morgan fingerprint density at radius 3 is 2.73 bits per heavy atom. The molecule has 0 atom stereocenters. The molecule has 0 saturated heterocycles. The summed E-state index contributed by atoms with van der Waals surface area (Å²) in [6.45, 7) is -0.0695. The molecule has 1 amide bonds. The van der Waals surface area contributed by atoms with Crippen molar-refractivity contribution >= 4 is 56.3 Å². The van der Waals surface area contributed by atoms with Gasteiger partial charge in [0, 0.05) is 12.4 Å². The second-order valence-electron chi connectivity index (χ2n) is 5.61. The molecule has 3 aromatic heterocycles. The average molecular weight is 405 g/mol. The van der Waals surface area contributed by atoms with Crippen LogP contribution in [-0.4, -0.2) is 20.0 Å². The summed E-state index contributed by atoms with van der Waals surface area (Å²) in [6.07, 6.45) is 0. The summed E-state index contributed by atoms with van der Waals surface area (Å²) < 4.78 is 3.68. The summed E-state index contributed by atoms with van der Waals surface area (Å²) in [4.78, 5) is 30.1. The van der Waals surface area contributed by atoms with Crippen molar-refractivity contribution in [1.29, 1.82) is 0 Å². The molecule has 0 fully saturated rings. The number of carbonyl (C=O) groups excluding carboxylic acids is 1. The summed E-state index contributed by atoms with van der Waals surface area (Å²) >= 11 is 8.71. The Labute approximate surface area is 161 Å². The van der Waals surface area contributed by atoms with Crippen LogP contribution in [0.2, 0.25) is 4.34 Å². The highest BCUT2D eigenvalue weighted by Crippen LogP contribution is 2.32. The van der Waals surface area contributed by atoms with Crippen LogP contribution in [0.1, 0.15) is 0 Å². The van der Waals surface area contributed by atoms with E-state index in [1.54, 1.807) is 7.05 Å². The number of carbonyl (C=O) groups is 1. The van der Waals surface area contributed by atoms with Gasteiger partial charge in [0.25, 0.3) is 0 Å². The van der Waals surface area contributed by atoms with E-state index < -0.39 is 0 Å². The van der Waals surface area contributed by atoms with E-state index in [0.717, 1.165) is 21.6 Å². The maximum atomic E-state index is 12.4. The highest BCUT2D eigenvalue weighted by atomic mass is 35.5. The number of halogens is 1. The van der Waals surface area contributed by atoms with Crippen molar-refractivity contribution in [2.24, 2.45) is 7.05 Å². The number of amides is 1. The third-order valence-corrected chi connectivity index (χ3v) is 5.94. The van der Waals surface area contributed by atoms with Crippen LogP contribution in [-0.2, 0) is 18.4 Å². The van der Waals surface area contributed by atoms with Crippen LogP contribution >= 0.6 is 34.3 Å². The minimum Gasteiger partial charge on any atom is -0.300 e. The molecular formula is C17H13ClN4O2S2. The van der Waals surface area contributed by atoms with Crippen LogP contribution in [0.15, 0.2) is 46.6 Å². The second kappa shape index (κ2) is 6.71. The largest absolute Gasteiger partial charge is 0.329 e. The lowest BCUT2D eigenvalue weighted by molar-refractivity contribution is -0.116. The minimum absolute atomic E-state index is 0.0695. The van der Waals surface area contributed by atoms with Gasteiger partial charge >= 0.3 is 5.69 Å². The van der Waals surface area contributed by atoms with Crippen molar-refractivity contribution in [3.63, 3.8) is 0 Å². The molecule has 4 aromatic rings. The average Bonchev–Trinajstić information content (AvgIpc) is 3.31. The van der Waals surface area contributed by atoms with Crippen molar-refractivity contribution in [3.05, 3.63) is 56.6 Å². The zero-order valence-electron chi connectivity index (χ0n) is 13.6. The number of para-hydroxylation sites is 2. The van der Waals surface area contributed by atoms with Crippen molar-refractivity contribution in [2.45, 2.75) is 6.54 Å². The number of rotatable bonds is 4. The molecular weight excluding hydrogens is 392 g/mol. The Morgan fingerprint density at radius 1 is 1.23 bits per heavy atom. The van der Waals surface area contributed by atoms with E-state index in [1.165, 1.54) is 31.8 Å². The SMILES string of the molecule is Cn1c(=O)n(CC(=O)Nc2nc(-c3ccc(Cl)s3)cs2)c2ccccc21. The van der Waals surface area contributed by atoms with Crippen LogP contribution in [0, 0.1) is 0 Å². The lowest BCUT2D eigenvalue weighted by atomic mass is 10.3. The smallest absolute Gasteiger partial charge is 0.300 e. The summed E-state index contributed by atoms with van der Waals surface area (Å²) in [5, 5.41) is 5.11. The summed E-state index contributed by atoms with van der Waals surface area (Å²) in [5.74, 6) is -0.298. The first kappa shape index (κ1) is 17.0. The molecule has 0 radical (unpaired) electrons. The number of aryl methyl sites for hydroxylation is 1. The molecule has 1 N–H and O–H groups in total. The molecule has 0 spiro atoms. The maximum Gasteiger partial charge on any atom is 0.329 e. The number of hydrogen-bond acceptors (Lipinski definition) is 5. The first-order chi connectivity index (χ1) is 12.5. The summed E-state index contributed by atoms with van der Waals surface area (Å²) in [7, 11) is 1.69. The molecule has 0 aliphatic heterocycles. The Kier molecular flexibility index (Phi) is 4.39. The molecule has 4 rings (SSSR count). The fourth-order valence-electron chi connectivity index (χ4n) is 2.71. The molecule has 0 aliphatic carbocycles. The number of benzene rings is 1. The summed E-state index contributed by atoms with van der Waals surface area (Å²) in [6, 6.07) is 11.1. The van der Waals surface area contributed by atoms with Gasteiger partial charge in [-0.15, -0.1) is 22.7 Å². The van der Waals surface area contributed by atoms with Crippen molar-refractivity contribution < 1.29 is 4.79 Å². The fraction of sp³-hybridized carbons (Fsp3) is 0.118. The predicted octanol–water partition coefficient (Wildman–Crippen LogP) is 3.82. The van der Waals surface area contributed by atoms with Gasteiger partial charge in [0.15, 0.2) is 5.13 Å². The molecule has 6 nitrogen and oxygen atoms in total. The van der Waals surface area contributed by atoms with Gasteiger partial charge in [-0.05, 0) is 24.3 Å². The van der Waals surface area contributed by atoms with Crippen molar-refractivity contribution in [1.82, 2.24) is 14.1 Å². The normalized spacial score (nSPS) is 11.2. The lowest BCUT2D eigenvalue weighted by Crippen LogP contribution is -2.28. The van der Waals surface area contributed by atoms with Crippen LogP contribution in [0.3, 0.4) is 0 Å². The van der Waals surface area contributed by atoms with E-state index in [4.69, 9.17) is 11.6 Å². The molecule has 132 valence electrons. The van der Waals surface area contributed by atoms with Gasteiger partial charge in [-0.25, -0.2) is 9.78 Å². The van der Waals surface area contributed by atoms with Crippen molar-refractivity contribution in [3.8, 4) is 10.6 Å². The number of hydrogen-bond donors (Lipinski definition) is 1. The highest BCUT2D eigenvalue weighted by molar-refractivity contribution is 7.20. The number of imidazole rings is 1. The van der Waals surface area contributed by atoms with Gasteiger partial charge in [0.1, 0.15) is 6.54 Å². The van der Waals surface area contributed by atoms with Gasteiger partial charge in [-0.3, -0.25) is 13.9 Å². The van der Waals surface area contributed by atoms with Crippen LogP contribution in [0.25, 0.3) is 21.6 Å². The fourth-order valence-corrected chi connectivity index (χ4v) is 4.52. The highest BCUT2D eigenvalue weighted by Gasteiger charge is 2.15. The third-order valence-electron chi connectivity index (χ3n) is 3.93. The number of thiazole rings is 1. The van der Waals surface area contributed by atoms with Crippen molar-refractivity contribution in [2.75, 3.05) is 5.32 Å². The van der Waals surface area contributed by atoms with E-state index in [9.17, 15) is 9.59 Å². The van der Waals surface area contributed by atoms with Crippen LogP contribution < -0.4 is 11.0 Å². The molecule has 0 aliphatic rings. The Balaban J connectivity index is 1.54. The number of aromatic nitrogens is 3. The maximum absolute atomic E-state index is 12.4. The topological polar surface area (TPSA) is 68.9 Å². The van der Waals surface area contributed by atoms with Gasteiger partial charge in [0.05, 0.1) is 25.9 Å². The van der Waals surface area contributed by atoms with E-state index >= 15 is 0 Å². The van der Waals surface area contributed by atoms with Gasteiger partial charge < -0.3 is 5.32 Å². The molecule has 26 heavy (non-hydrogen) atoms. The first-order valence-corrected chi connectivity index (χ1v) is 9.75. The Morgan fingerprint density at radius 2 is 2.00 bits per heavy atom. The molecule has 0 unspecified atom stereocenters. The van der Waals surface area contributed by atoms with Gasteiger partial charge in [0.2, 0.25) is 5.91 Å². The number of anilines is 1. The molecule has 0 saturated carbocycles. The lowest BCUT2D eigenvalue weighted by Gasteiger charge is -2.03. The van der Waals surface area contributed by atoms with E-state index in [1.807, 2.05) is 41.8 Å². The van der Waals surface area contributed by atoms with Gasteiger partial charge in [-0.2, -0.15) is 0 Å². The van der Waals surface area contributed by atoms with Crippen LogP contribution in [0.5, 0.6) is 0 Å². The first-order valence-electron chi connectivity index (χ1n) is 7.68. The second-order valence-corrected chi connectivity index (χ2v) is 8.18. The molecule has 9 heteroatoms. The quantitative estimate of drug-likeness (QED) is 0.562. The third kappa shape index (κ3) is 3.07. The Bertz CT molecular complexity index is 1170.